The van der Waals surface area contributed by atoms with E-state index in [4.69, 9.17) is 4.74 Å². The van der Waals surface area contributed by atoms with E-state index in [-0.39, 0.29) is 5.91 Å². The summed E-state index contributed by atoms with van der Waals surface area (Å²) in [6.07, 6.45) is 0.741. The first kappa shape index (κ1) is 18.8. The number of ether oxygens (including phenoxy) is 1. The fraction of sp³-hybridized carbons (Fsp3) is 0.115. The van der Waals surface area contributed by atoms with Crippen molar-refractivity contribution in [2.75, 3.05) is 18.6 Å². The number of hydrogen-bond donors (Lipinski definition) is 0. The van der Waals surface area contributed by atoms with Crippen LogP contribution < -0.4 is 9.64 Å². The number of amides is 1. The van der Waals surface area contributed by atoms with E-state index in [0.29, 0.717) is 12.1 Å². The molecule has 0 heterocycles. The van der Waals surface area contributed by atoms with Gasteiger partial charge in [0.05, 0.1) is 7.11 Å². The minimum atomic E-state index is 0.00449. The second-order valence-electron chi connectivity index (χ2n) is 6.96. The molecule has 0 unspecified atom stereocenters. The highest BCUT2D eigenvalue weighted by molar-refractivity contribution is 6.08. The highest BCUT2D eigenvalue weighted by Crippen LogP contribution is 2.22. The second-order valence-corrected chi connectivity index (χ2v) is 6.96. The molecule has 0 aliphatic rings. The fourth-order valence-electron chi connectivity index (χ4n) is 3.50. The van der Waals surface area contributed by atoms with Crippen molar-refractivity contribution in [3.63, 3.8) is 0 Å². The number of hydrogen-bond acceptors (Lipinski definition) is 2. The molecule has 4 rings (SSSR count). The summed E-state index contributed by atoms with van der Waals surface area (Å²) in [5.74, 6) is 0.833. The number of fused-ring (bicyclic) bond motifs is 1. The van der Waals surface area contributed by atoms with Crippen LogP contribution in [0.15, 0.2) is 97.1 Å². The molecule has 0 spiro atoms. The Bertz CT molecular complexity index is 1120. The smallest absolute Gasteiger partial charge is 0.258 e. The maximum Gasteiger partial charge on any atom is 0.258 e. The molecule has 4 aromatic rings. The summed E-state index contributed by atoms with van der Waals surface area (Å²) in [6, 6.07) is 31.8. The van der Waals surface area contributed by atoms with Crippen molar-refractivity contribution in [1.29, 1.82) is 0 Å². The average Bonchev–Trinajstić information content (AvgIpc) is 2.79. The van der Waals surface area contributed by atoms with Gasteiger partial charge in [0, 0.05) is 17.8 Å². The van der Waals surface area contributed by atoms with Crippen LogP contribution in [0.25, 0.3) is 10.8 Å². The SMILES string of the molecule is COc1cccc(CCN(C(=O)c2ccc3ccccc3c2)c2ccccc2)c1. The molecule has 0 radical (unpaired) electrons. The summed E-state index contributed by atoms with van der Waals surface area (Å²) in [7, 11) is 1.67. The Labute approximate surface area is 171 Å². The summed E-state index contributed by atoms with van der Waals surface area (Å²) in [5.41, 5.74) is 2.73. The molecule has 0 aromatic heterocycles. The van der Waals surface area contributed by atoms with Gasteiger partial charge in [0.15, 0.2) is 0 Å². The van der Waals surface area contributed by atoms with Gasteiger partial charge in [0.1, 0.15) is 5.75 Å². The first-order valence-electron chi connectivity index (χ1n) is 9.73. The van der Waals surface area contributed by atoms with E-state index in [1.54, 1.807) is 7.11 Å². The molecule has 0 bridgehead atoms. The largest absolute Gasteiger partial charge is 0.497 e. The van der Waals surface area contributed by atoms with Gasteiger partial charge in [-0.1, -0.05) is 60.7 Å². The number of rotatable bonds is 6. The Morgan fingerprint density at radius 1 is 0.793 bits per heavy atom. The lowest BCUT2D eigenvalue weighted by Gasteiger charge is -2.23. The highest BCUT2D eigenvalue weighted by atomic mass is 16.5. The molecular formula is C26H23NO2. The molecule has 0 N–H and O–H groups in total. The first-order valence-corrected chi connectivity index (χ1v) is 9.73. The van der Waals surface area contributed by atoms with Crippen LogP contribution in [-0.4, -0.2) is 19.6 Å². The van der Waals surface area contributed by atoms with E-state index in [2.05, 4.69) is 12.1 Å². The van der Waals surface area contributed by atoms with E-state index < -0.39 is 0 Å². The second kappa shape index (κ2) is 8.61. The maximum absolute atomic E-state index is 13.4. The van der Waals surface area contributed by atoms with Gasteiger partial charge in [-0.15, -0.1) is 0 Å². The third-order valence-electron chi connectivity index (χ3n) is 5.07. The lowest BCUT2D eigenvalue weighted by molar-refractivity contribution is 0.0987. The van der Waals surface area contributed by atoms with Gasteiger partial charge in [0.2, 0.25) is 0 Å². The van der Waals surface area contributed by atoms with E-state index >= 15 is 0 Å². The van der Waals surface area contributed by atoms with Crippen molar-refractivity contribution in [1.82, 2.24) is 0 Å². The van der Waals surface area contributed by atoms with Crippen LogP contribution in [0, 0.1) is 0 Å². The molecule has 3 nitrogen and oxygen atoms in total. The molecule has 144 valence electrons. The molecule has 1 amide bonds. The van der Waals surface area contributed by atoms with Crippen LogP contribution in [0.5, 0.6) is 5.75 Å². The lowest BCUT2D eigenvalue weighted by Crippen LogP contribution is -2.32. The number of carbonyl (C=O) groups is 1. The molecule has 0 atom stereocenters. The van der Waals surface area contributed by atoms with Gasteiger partial charge < -0.3 is 9.64 Å². The Morgan fingerprint density at radius 3 is 2.34 bits per heavy atom. The average molecular weight is 381 g/mol. The molecule has 0 aliphatic heterocycles. The Hall–Kier alpha value is -3.59. The quantitative estimate of drug-likeness (QED) is 0.426. The monoisotopic (exact) mass is 381 g/mol. The van der Waals surface area contributed by atoms with Crippen LogP contribution >= 0.6 is 0 Å². The molecule has 0 saturated carbocycles. The third-order valence-corrected chi connectivity index (χ3v) is 5.07. The summed E-state index contributed by atoms with van der Waals surface area (Å²) >= 11 is 0. The van der Waals surface area contributed by atoms with Crippen molar-refractivity contribution in [3.05, 3.63) is 108 Å². The van der Waals surface area contributed by atoms with Crippen LogP contribution in [0.3, 0.4) is 0 Å². The van der Waals surface area contributed by atoms with E-state index in [0.717, 1.165) is 34.2 Å². The van der Waals surface area contributed by atoms with Crippen LogP contribution in [0.4, 0.5) is 5.69 Å². The van der Waals surface area contributed by atoms with Gasteiger partial charge in [-0.2, -0.15) is 0 Å². The minimum Gasteiger partial charge on any atom is -0.497 e. The number of anilines is 1. The molecule has 4 aromatic carbocycles. The van der Waals surface area contributed by atoms with Crippen molar-refractivity contribution >= 4 is 22.4 Å². The minimum absolute atomic E-state index is 0.00449. The Morgan fingerprint density at radius 2 is 1.55 bits per heavy atom. The molecule has 0 fully saturated rings. The van der Waals surface area contributed by atoms with Gasteiger partial charge in [-0.3, -0.25) is 4.79 Å². The predicted molar refractivity (Wildman–Crippen MR) is 119 cm³/mol. The zero-order chi connectivity index (χ0) is 20.1. The van der Waals surface area contributed by atoms with Gasteiger partial charge in [-0.05, 0) is 59.2 Å². The molecule has 3 heteroatoms. The topological polar surface area (TPSA) is 29.5 Å². The van der Waals surface area contributed by atoms with Gasteiger partial charge in [-0.25, -0.2) is 0 Å². The number of para-hydroxylation sites is 1. The molecule has 0 aliphatic carbocycles. The number of nitrogens with zero attached hydrogens (tertiary/aromatic N) is 1. The predicted octanol–water partition coefficient (Wildman–Crippen LogP) is 5.74. The maximum atomic E-state index is 13.4. The lowest BCUT2D eigenvalue weighted by atomic mass is 10.1. The molecular weight excluding hydrogens is 358 g/mol. The van der Waals surface area contributed by atoms with Gasteiger partial charge in [0.25, 0.3) is 5.91 Å². The third kappa shape index (κ3) is 4.30. The summed E-state index contributed by atoms with van der Waals surface area (Å²) in [4.78, 5) is 15.3. The summed E-state index contributed by atoms with van der Waals surface area (Å²) < 4.78 is 5.32. The normalized spacial score (nSPS) is 10.7. The van der Waals surface area contributed by atoms with Gasteiger partial charge >= 0.3 is 0 Å². The van der Waals surface area contributed by atoms with Crippen LogP contribution in [-0.2, 0) is 6.42 Å². The van der Waals surface area contributed by atoms with Crippen LogP contribution in [0.1, 0.15) is 15.9 Å². The van der Waals surface area contributed by atoms with Crippen molar-refractivity contribution in [2.24, 2.45) is 0 Å². The molecule has 0 saturated heterocycles. The Balaban J connectivity index is 1.63. The van der Waals surface area contributed by atoms with E-state index in [1.165, 1.54) is 0 Å². The van der Waals surface area contributed by atoms with E-state index in [1.807, 2.05) is 89.8 Å². The fourth-order valence-corrected chi connectivity index (χ4v) is 3.50. The standard InChI is InChI=1S/C26H23NO2/c1-29-25-13-7-8-20(18-25)16-17-27(24-11-3-2-4-12-24)26(28)23-15-14-21-9-5-6-10-22(21)19-23/h2-15,18-19H,16-17H2,1H3. The number of carbonyl (C=O) groups excluding carboxylic acids is 1. The zero-order valence-corrected chi connectivity index (χ0v) is 16.4. The summed E-state index contributed by atoms with van der Waals surface area (Å²) in [6.45, 7) is 0.586. The number of methoxy groups -OCH3 is 1. The number of benzene rings is 4. The van der Waals surface area contributed by atoms with Crippen LogP contribution in [0.2, 0.25) is 0 Å². The first-order chi connectivity index (χ1) is 14.2. The zero-order valence-electron chi connectivity index (χ0n) is 16.4. The molecule has 29 heavy (non-hydrogen) atoms. The summed E-state index contributed by atoms with van der Waals surface area (Å²) in [5, 5.41) is 2.20. The van der Waals surface area contributed by atoms with Crippen molar-refractivity contribution in [3.8, 4) is 5.75 Å². The van der Waals surface area contributed by atoms with E-state index in [9.17, 15) is 4.79 Å². The van der Waals surface area contributed by atoms with Crippen molar-refractivity contribution < 1.29 is 9.53 Å². The van der Waals surface area contributed by atoms with Crippen molar-refractivity contribution in [2.45, 2.75) is 6.42 Å². The Kier molecular flexibility index (Phi) is 5.57. The highest BCUT2D eigenvalue weighted by Gasteiger charge is 2.18.